The van der Waals surface area contributed by atoms with E-state index in [-0.39, 0.29) is 29.4 Å². The Labute approximate surface area is 203 Å². The SMILES string of the molecule is CC(=O)N[C@@H]1c2ccccc2C2(CCN(C(=O)c3csc(C)n3)CC2)[C@H]1OCc1ccncc1. The van der Waals surface area contributed by atoms with Crippen LogP contribution in [0.5, 0.6) is 0 Å². The second kappa shape index (κ2) is 9.27. The molecule has 0 bridgehead atoms. The molecule has 3 aromatic rings. The average molecular weight is 477 g/mol. The molecule has 1 fully saturated rings. The highest BCUT2D eigenvalue weighted by Crippen LogP contribution is 2.52. The number of nitrogens with one attached hydrogen (secondary N) is 1. The summed E-state index contributed by atoms with van der Waals surface area (Å²) in [6.07, 6.45) is 4.80. The summed E-state index contributed by atoms with van der Waals surface area (Å²) in [5.74, 6) is -0.0981. The Kier molecular flexibility index (Phi) is 6.18. The monoisotopic (exact) mass is 476 g/mol. The maximum atomic E-state index is 13.0. The van der Waals surface area contributed by atoms with Crippen molar-refractivity contribution >= 4 is 23.2 Å². The molecule has 8 heteroatoms. The number of likely N-dealkylation sites (tertiary alicyclic amines) is 1. The van der Waals surface area contributed by atoms with Crippen molar-refractivity contribution < 1.29 is 14.3 Å². The molecule has 1 aliphatic carbocycles. The number of carbonyl (C=O) groups excluding carboxylic acids is 2. The maximum Gasteiger partial charge on any atom is 0.273 e. The predicted octanol–water partition coefficient (Wildman–Crippen LogP) is 3.80. The average Bonchev–Trinajstić information content (AvgIpc) is 3.39. The molecule has 7 nitrogen and oxygen atoms in total. The molecule has 1 N–H and O–H groups in total. The van der Waals surface area contributed by atoms with Crippen LogP contribution in [0.2, 0.25) is 0 Å². The smallest absolute Gasteiger partial charge is 0.273 e. The Morgan fingerprint density at radius 1 is 1.18 bits per heavy atom. The van der Waals surface area contributed by atoms with E-state index in [0.29, 0.717) is 25.4 Å². The van der Waals surface area contributed by atoms with Gasteiger partial charge in [-0.3, -0.25) is 14.6 Å². The van der Waals surface area contributed by atoms with Crippen LogP contribution in [0.4, 0.5) is 0 Å². The van der Waals surface area contributed by atoms with Crippen LogP contribution in [0.15, 0.2) is 54.2 Å². The van der Waals surface area contributed by atoms with Crippen molar-refractivity contribution in [1.82, 2.24) is 20.2 Å². The lowest BCUT2D eigenvalue weighted by molar-refractivity contribution is -0.122. The number of amides is 2. The van der Waals surface area contributed by atoms with E-state index >= 15 is 0 Å². The lowest BCUT2D eigenvalue weighted by Gasteiger charge is -2.44. The second-order valence-electron chi connectivity index (χ2n) is 9.05. The third kappa shape index (κ3) is 4.12. The van der Waals surface area contributed by atoms with Gasteiger partial charge in [-0.2, -0.15) is 0 Å². The molecule has 34 heavy (non-hydrogen) atoms. The van der Waals surface area contributed by atoms with Crippen LogP contribution >= 0.6 is 11.3 Å². The highest BCUT2D eigenvalue weighted by atomic mass is 32.1. The van der Waals surface area contributed by atoms with Gasteiger partial charge in [0.15, 0.2) is 0 Å². The molecular weight excluding hydrogens is 448 g/mol. The molecule has 1 aliphatic heterocycles. The quantitative estimate of drug-likeness (QED) is 0.606. The van der Waals surface area contributed by atoms with Gasteiger partial charge in [-0.15, -0.1) is 11.3 Å². The van der Waals surface area contributed by atoms with E-state index in [9.17, 15) is 9.59 Å². The van der Waals surface area contributed by atoms with E-state index in [0.717, 1.165) is 29.0 Å². The molecule has 2 atom stereocenters. The molecule has 0 saturated carbocycles. The molecule has 3 heterocycles. The van der Waals surface area contributed by atoms with E-state index in [1.165, 1.54) is 16.9 Å². The van der Waals surface area contributed by atoms with Gasteiger partial charge < -0.3 is 15.0 Å². The minimum atomic E-state index is -0.286. The summed E-state index contributed by atoms with van der Waals surface area (Å²) >= 11 is 1.49. The van der Waals surface area contributed by atoms with Crippen LogP contribution in [-0.4, -0.2) is 45.9 Å². The van der Waals surface area contributed by atoms with Crippen molar-refractivity contribution in [3.05, 3.63) is 81.6 Å². The number of benzene rings is 1. The normalized spacial score (nSPS) is 20.8. The lowest BCUT2D eigenvalue weighted by atomic mass is 9.71. The van der Waals surface area contributed by atoms with Gasteiger partial charge in [-0.05, 0) is 48.6 Å². The number of hydrogen-bond donors (Lipinski definition) is 1. The summed E-state index contributed by atoms with van der Waals surface area (Å²) in [7, 11) is 0. The summed E-state index contributed by atoms with van der Waals surface area (Å²) in [6, 6.07) is 11.9. The van der Waals surface area contributed by atoms with E-state index in [1.54, 1.807) is 19.3 Å². The maximum absolute atomic E-state index is 13.0. The van der Waals surface area contributed by atoms with Crippen molar-refractivity contribution in [3.63, 3.8) is 0 Å². The Bertz CT molecular complexity index is 1190. The molecule has 2 aliphatic rings. The number of aryl methyl sites for hydroxylation is 1. The Morgan fingerprint density at radius 3 is 2.59 bits per heavy atom. The Hall–Kier alpha value is -3.10. The number of pyridine rings is 1. The molecule has 2 aromatic heterocycles. The van der Waals surface area contributed by atoms with Gasteiger partial charge in [0.1, 0.15) is 5.69 Å². The van der Waals surface area contributed by atoms with Crippen LogP contribution in [0.1, 0.15) is 58.0 Å². The van der Waals surface area contributed by atoms with Crippen molar-refractivity contribution in [1.29, 1.82) is 0 Å². The second-order valence-corrected chi connectivity index (χ2v) is 10.1. The fourth-order valence-corrected chi connectivity index (χ4v) is 6.02. The third-order valence-corrected chi connectivity index (χ3v) is 7.77. The zero-order chi connectivity index (χ0) is 23.7. The fourth-order valence-electron chi connectivity index (χ4n) is 5.44. The molecule has 0 radical (unpaired) electrons. The summed E-state index contributed by atoms with van der Waals surface area (Å²) in [4.78, 5) is 35.6. The van der Waals surface area contributed by atoms with Crippen molar-refractivity contribution in [2.45, 2.75) is 50.9 Å². The lowest BCUT2D eigenvalue weighted by Crippen LogP contribution is -2.51. The molecule has 1 aromatic carbocycles. The number of rotatable bonds is 5. The Balaban J connectivity index is 1.44. The first-order chi connectivity index (χ1) is 16.5. The zero-order valence-electron chi connectivity index (χ0n) is 19.4. The van der Waals surface area contributed by atoms with Crippen LogP contribution < -0.4 is 5.32 Å². The molecular formula is C26H28N4O3S. The summed E-state index contributed by atoms with van der Waals surface area (Å²) in [5, 5.41) is 5.88. The van der Waals surface area contributed by atoms with E-state index in [1.807, 2.05) is 41.5 Å². The number of aromatic nitrogens is 2. The number of carbonyl (C=O) groups is 2. The molecule has 176 valence electrons. The first-order valence-electron chi connectivity index (χ1n) is 11.6. The van der Waals surface area contributed by atoms with Gasteiger partial charge in [-0.25, -0.2) is 4.98 Å². The Morgan fingerprint density at radius 2 is 1.91 bits per heavy atom. The minimum Gasteiger partial charge on any atom is -0.370 e. The summed E-state index contributed by atoms with van der Waals surface area (Å²) < 4.78 is 6.61. The first-order valence-corrected chi connectivity index (χ1v) is 12.4. The van der Waals surface area contributed by atoms with Crippen LogP contribution in [0.25, 0.3) is 0 Å². The number of ether oxygens (including phenoxy) is 1. The van der Waals surface area contributed by atoms with Gasteiger partial charge in [0.25, 0.3) is 5.91 Å². The fraction of sp³-hybridized carbons (Fsp3) is 0.385. The number of piperidine rings is 1. The van der Waals surface area contributed by atoms with Gasteiger partial charge in [0.2, 0.25) is 5.91 Å². The molecule has 0 unspecified atom stereocenters. The summed E-state index contributed by atoms with van der Waals surface area (Å²) in [5.41, 5.74) is 3.59. The molecule has 2 amide bonds. The van der Waals surface area contributed by atoms with Crippen molar-refractivity contribution in [3.8, 4) is 0 Å². The number of hydrogen-bond acceptors (Lipinski definition) is 6. The van der Waals surface area contributed by atoms with Gasteiger partial charge in [0.05, 0.1) is 23.8 Å². The standard InChI is InChI=1S/C26H28N4O3S/c1-17(31)28-23-20-5-3-4-6-21(20)26(24(23)33-15-19-7-11-27-12-8-19)9-13-30(14-10-26)25(32)22-16-34-18(2)29-22/h3-8,11-12,16,23-24H,9-10,13-15H2,1-2H3,(H,28,31)/t23-,24+/m1/s1. The van der Waals surface area contributed by atoms with Crippen LogP contribution in [-0.2, 0) is 21.6 Å². The number of fused-ring (bicyclic) bond motifs is 2. The highest BCUT2D eigenvalue weighted by Gasteiger charge is 2.54. The number of nitrogens with zero attached hydrogens (tertiary/aromatic N) is 3. The highest BCUT2D eigenvalue weighted by molar-refractivity contribution is 7.09. The van der Waals surface area contributed by atoms with Crippen LogP contribution in [0, 0.1) is 6.92 Å². The van der Waals surface area contributed by atoms with Crippen molar-refractivity contribution in [2.24, 2.45) is 0 Å². The largest absolute Gasteiger partial charge is 0.370 e. The van der Waals surface area contributed by atoms with Gasteiger partial charge in [0, 0.05) is 43.2 Å². The predicted molar refractivity (Wildman–Crippen MR) is 129 cm³/mol. The molecule has 1 saturated heterocycles. The van der Waals surface area contributed by atoms with Crippen molar-refractivity contribution in [2.75, 3.05) is 13.1 Å². The van der Waals surface area contributed by atoms with E-state index < -0.39 is 0 Å². The third-order valence-electron chi connectivity index (χ3n) is 7.00. The first kappa shape index (κ1) is 22.7. The van der Waals surface area contributed by atoms with E-state index in [4.69, 9.17) is 4.74 Å². The topological polar surface area (TPSA) is 84.4 Å². The van der Waals surface area contributed by atoms with Crippen LogP contribution in [0.3, 0.4) is 0 Å². The van der Waals surface area contributed by atoms with Gasteiger partial charge in [-0.1, -0.05) is 24.3 Å². The van der Waals surface area contributed by atoms with E-state index in [2.05, 4.69) is 27.4 Å². The number of thiazole rings is 1. The summed E-state index contributed by atoms with van der Waals surface area (Å²) in [6.45, 7) is 5.12. The zero-order valence-corrected chi connectivity index (χ0v) is 20.2. The molecule has 5 rings (SSSR count). The minimum absolute atomic E-state index is 0.0156. The van der Waals surface area contributed by atoms with Gasteiger partial charge >= 0.3 is 0 Å². The molecule has 1 spiro atoms.